The Balaban J connectivity index is 1.80. The third kappa shape index (κ3) is 7.41. The van der Waals surface area contributed by atoms with E-state index in [9.17, 15) is 18.0 Å². The van der Waals surface area contributed by atoms with E-state index < -0.39 is 17.6 Å². The van der Waals surface area contributed by atoms with Crippen LogP contribution < -0.4 is 16.9 Å². The number of alkyl halides is 3. The van der Waals surface area contributed by atoms with E-state index in [1.54, 1.807) is 13.1 Å². The van der Waals surface area contributed by atoms with Crippen molar-refractivity contribution in [2.75, 3.05) is 6.54 Å². The van der Waals surface area contributed by atoms with Gasteiger partial charge in [-0.1, -0.05) is 5.21 Å². The van der Waals surface area contributed by atoms with Crippen LogP contribution in [0.2, 0.25) is 0 Å². The first kappa shape index (κ1) is 22.1. The first-order chi connectivity index (χ1) is 13.6. The fourth-order valence-electron chi connectivity index (χ4n) is 2.42. The van der Waals surface area contributed by atoms with Gasteiger partial charge < -0.3 is 16.1 Å². The summed E-state index contributed by atoms with van der Waals surface area (Å²) in [7, 11) is 0. The molecule has 12 heteroatoms. The summed E-state index contributed by atoms with van der Waals surface area (Å²) in [5.74, 6) is 5.19. The Morgan fingerprint density at radius 3 is 2.83 bits per heavy atom. The van der Waals surface area contributed by atoms with Gasteiger partial charge in [0.05, 0.1) is 24.0 Å². The van der Waals surface area contributed by atoms with Crippen molar-refractivity contribution < 1.29 is 18.0 Å². The molecule has 5 N–H and O–H groups in total. The maximum absolute atomic E-state index is 12.7. The van der Waals surface area contributed by atoms with Gasteiger partial charge >= 0.3 is 6.18 Å². The SMILES string of the molecule is C/C(N)=C/N(N)CCCCn1cc(C(=O)NCc2cc(C(F)(F)F)ccn2)nn1. The molecule has 2 rings (SSSR count). The zero-order valence-corrected chi connectivity index (χ0v) is 15.9. The number of nitrogens with one attached hydrogen (secondary N) is 1. The minimum Gasteiger partial charge on any atom is -0.401 e. The lowest BCUT2D eigenvalue weighted by atomic mass is 10.2. The van der Waals surface area contributed by atoms with Gasteiger partial charge in [0.2, 0.25) is 0 Å². The molecule has 0 saturated heterocycles. The Bertz CT molecular complexity index is 845. The van der Waals surface area contributed by atoms with Crippen LogP contribution in [0.3, 0.4) is 0 Å². The summed E-state index contributed by atoms with van der Waals surface area (Å²) in [5, 5.41) is 11.6. The summed E-state index contributed by atoms with van der Waals surface area (Å²) < 4.78 is 39.6. The van der Waals surface area contributed by atoms with E-state index in [-0.39, 0.29) is 17.9 Å². The number of rotatable bonds is 9. The zero-order chi connectivity index (χ0) is 21.4. The molecule has 0 radical (unpaired) electrons. The fraction of sp³-hybridized carbons (Fsp3) is 0.412. The van der Waals surface area contributed by atoms with Crippen LogP contribution >= 0.6 is 0 Å². The number of hydrogen-bond donors (Lipinski definition) is 3. The fourth-order valence-corrected chi connectivity index (χ4v) is 2.42. The number of nitrogens with two attached hydrogens (primary N) is 2. The molecule has 2 heterocycles. The highest BCUT2D eigenvalue weighted by molar-refractivity contribution is 5.91. The Morgan fingerprint density at radius 1 is 1.38 bits per heavy atom. The van der Waals surface area contributed by atoms with Crippen molar-refractivity contribution in [2.24, 2.45) is 11.6 Å². The third-order valence-corrected chi connectivity index (χ3v) is 3.77. The van der Waals surface area contributed by atoms with Crippen molar-refractivity contribution in [3.8, 4) is 0 Å². The summed E-state index contributed by atoms with van der Waals surface area (Å²) in [6.07, 6.45) is 1.22. The Hall–Kier alpha value is -3.15. The highest BCUT2D eigenvalue weighted by Crippen LogP contribution is 2.28. The predicted octanol–water partition coefficient (Wildman–Crippen LogP) is 1.40. The molecule has 0 spiro atoms. The van der Waals surface area contributed by atoms with Crippen molar-refractivity contribution in [1.82, 2.24) is 30.3 Å². The second kappa shape index (κ2) is 9.87. The lowest BCUT2D eigenvalue weighted by Crippen LogP contribution is -2.27. The minimum absolute atomic E-state index is 0.0686. The number of aromatic nitrogens is 4. The highest BCUT2D eigenvalue weighted by atomic mass is 19.4. The van der Waals surface area contributed by atoms with Gasteiger partial charge in [-0.2, -0.15) is 13.2 Å². The molecular formula is C17H23F3N8O. The topological polar surface area (TPSA) is 128 Å². The first-order valence-electron chi connectivity index (χ1n) is 8.81. The summed E-state index contributed by atoms with van der Waals surface area (Å²) in [4.78, 5) is 15.9. The second-order valence-electron chi connectivity index (χ2n) is 6.40. The molecule has 1 amide bonds. The van der Waals surface area contributed by atoms with Crippen LogP contribution in [0.15, 0.2) is 36.4 Å². The molecule has 2 aromatic rings. The molecule has 0 atom stereocenters. The van der Waals surface area contributed by atoms with E-state index in [0.29, 0.717) is 18.8 Å². The van der Waals surface area contributed by atoms with Crippen molar-refractivity contribution in [3.05, 3.63) is 53.4 Å². The van der Waals surface area contributed by atoms with Crippen LogP contribution in [0.1, 0.15) is 41.5 Å². The summed E-state index contributed by atoms with van der Waals surface area (Å²) in [5.41, 5.74) is 5.48. The predicted molar refractivity (Wildman–Crippen MR) is 98.5 cm³/mol. The van der Waals surface area contributed by atoms with Gasteiger partial charge in [0, 0.05) is 31.2 Å². The molecule has 0 aliphatic carbocycles. The quantitative estimate of drug-likeness (QED) is 0.323. The van der Waals surface area contributed by atoms with Crippen molar-refractivity contribution in [1.29, 1.82) is 0 Å². The molecule has 0 fully saturated rings. The van der Waals surface area contributed by atoms with E-state index in [0.717, 1.165) is 31.2 Å². The summed E-state index contributed by atoms with van der Waals surface area (Å²) >= 11 is 0. The maximum atomic E-state index is 12.7. The molecule has 29 heavy (non-hydrogen) atoms. The number of carbonyl (C=O) groups is 1. The number of hydrazine groups is 1. The van der Waals surface area contributed by atoms with Crippen LogP contribution in [-0.4, -0.2) is 37.4 Å². The monoisotopic (exact) mass is 412 g/mol. The van der Waals surface area contributed by atoms with Crippen LogP contribution in [0.5, 0.6) is 0 Å². The molecule has 9 nitrogen and oxygen atoms in total. The average Bonchev–Trinajstić information content (AvgIpc) is 3.11. The number of carbonyl (C=O) groups excluding carboxylic acids is 1. The largest absolute Gasteiger partial charge is 0.416 e. The van der Waals surface area contributed by atoms with Crippen molar-refractivity contribution in [2.45, 2.75) is 39.0 Å². The van der Waals surface area contributed by atoms with Crippen molar-refractivity contribution in [3.63, 3.8) is 0 Å². The van der Waals surface area contributed by atoms with Gasteiger partial charge in [-0.3, -0.25) is 14.5 Å². The van der Waals surface area contributed by atoms with Gasteiger partial charge in [-0.25, -0.2) is 5.84 Å². The normalized spacial score (nSPS) is 12.1. The molecule has 0 saturated carbocycles. The molecule has 0 bridgehead atoms. The van der Waals surface area contributed by atoms with E-state index in [1.807, 2.05) is 0 Å². The highest BCUT2D eigenvalue weighted by Gasteiger charge is 2.30. The zero-order valence-electron chi connectivity index (χ0n) is 15.9. The molecule has 0 aromatic carbocycles. The van der Waals surface area contributed by atoms with Gasteiger partial charge in [-0.05, 0) is 31.9 Å². The van der Waals surface area contributed by atoms with Crippen LogP contribution in [-0.2, 0) is 19.3 Å². The standard InChI is InChI=1S/C17H23F3N8O/c1-12(21)10-27(22)6-2-3-7-28-11-15(25-26-28)16(29)24-9-14-8-13(4-5-23-14)17(18,19)20/h4-5,8,10-11H,2-3,6-7,9,21-22H2,1H3,(H,24,29)/b12-10-. The first-order valence-corrected chi connectivity index (χ1v) is 8.81. The number of nitrogens with zero attached hydrogens (tertiary/aromatic N) is 5. The lowest BCUT2D eigenvalue weighted by molar-refractivity contribution is -0.137. The number of halogens is 3. The smallest absolute Gasteiger partial charge is 0.401 e. The molecule has 158 valence electrons. The molecule has 2 aromatic heterocycles. The molecular weight excluding hydrogens is 389 g/mol. The van der Waals surface area contributed by atoms with Gasteiger partial charge in [0.1, 0.15) is 0 Å². The Kier molecular flexibility index (Phi) is 7.53. The number of unbranched alkanes of at least 4 members (excludes halogenated alkanes) is 1. The summed E-state index contributed by atoms with van der Waals surface area (Å²) in [6.45, 7) is 2.73. The van der Waals surface area contributed by atoms with Crippen LogP contribution in [0.25, 0.3) is 0 Å². The number of hydrogen-bond acceptors (Lipinski definition) is 7. The van der Waals surface area contributed by atoms with Gasteiger partial charge in [0.25, 0.3) is 5.91 Å². The molecule has 0 aliphatic heterocycles. The Morgan fingerprint density at radius 2 is 2.14 bits per heavy atom. The van der Waals surface area contributed by atoms with E-state index in [1.165, 1.54) is 15.9 Å². The maximum Gasteiger partial charge on any atom is 0.416 e. The molecule has 0 aliphatic rings. The third-order valence-electron chi connectivity index (χ3n) is 3.77. The number of amides is 1. The van der Waals surface area contributed by atoms with Crippen LogP contribution in [0, 0.1) is 0 Å². The minimum atomic E-state index is -4.47. The number of allylic oxidation sites excluding steroid dienone is 1. The van der Waals surface area contributed by atoms with Crippen molar-refractivity contribution >= 4 is 5.91 Å². The molecule has 0 unspecified atom stereocenters. The average molecular weight is 412 g/mol. The van der Waals surface area contributed by atoms with Crippen LogP contribution in [0.4, 0.5) is 13.2 Å². The lowest BCUT2D eigenvalue weighted by Gasteiger charge is -2.13. The van der Waals surface area contributed by atoms with Gasteiger partial charge in [-0.15, -0.1) is 5.10 Å². The Labute approximate surface area is 165 Å². The van der Waals surface area contributed by atoms with E-state index in [2.05, 4.69) is 20.6 Å². The van der Waals surface area contributed by atoms with E-state index in [4.69, 9.17) is 11.6 Å². The van der Waals surface area contributed by atoms with E-state index >= 15 is 0 Å². The number of aryl methyl sites for hydroxylation is 1. The van der Waals surface area contributed by atoms with Gasteiger partial charge in [0.15, 0.2) is 5.69 Å². The second-order valence-corrected chi connectivity index (χ2v) is 6.40. The number of pyridine rings is 1. The summed E-state index contributed by atoms with van der Waals surface area (Å²) in [6, 6.07) is 1.76.